The van der Waals surface area contributed by atoms with Crippen LogP contribution in [0.1, 0.15) is 12.8 Å². The van der Waals surface area contributed by atoms with Gasteiger partial charge in [-0.25, -0.2) is 0 Å². The smallest absolute Gasteiger partial charge is 0.409 e. The van der Waals surface area contributed by atoms with Crippen molar-refractivity contribution in [3.05, 3.63) is 36.4 Å². The van der Waals surface area contributed by atoms with Gasteiger partial charge in [-0.05, 0) is 30.4 Å². The van der Waals surface area contributed by atoms with E-state index in [1.165, 1.54) is 0 Å². The topological polar surface area (TPSA) is 71.1 Å². The molecule has 0 saturated carbocycles. The van der Waals surface area contributed by atoms with E-state index in [2.05, 4.69) is 4.18 Å². The van der Waals surface area contributed by atoms with Gasteiger partial charge >= 0.3 is 10.4 Å². The van der Waals surface area contributed by atoms with E-state index in [1.54, 1.807) is 7.11 Å². The zero-order valence-corrected chi connectivity index (χ0v) is 16.6. The van der Waals surface area contributed by atoms with E-state index in [9.17, 15) is 8.42 Å². The van der Waals surface area contributed by atoms with Crippen molar-refractivity contribution >= 4 is 31.5 Å². The number of methoxy groups -OCH3 is 1. The second-order valence-electron chi connectivity index (χ2n) is 6.02. The average Bonchev–Trinajstić information content (AvgIpc) is 3.10. The average molecular weight is 401 g/mol. The zero-order valence-electron chi connectivity index (χ0n) is 15.0. The number of hydrogen-bond donors (Lipinski definition) is 0. The Balaban J connectivity index is 2.07. The minimum atomic E-state index is -4.02. The molecule has 1 heterocycles. The van der Waals surface area contributed by atoms with Crippen LogP contribution in [0.25, 0.3) is 10.8 Å². The van der Waals surface area contributed by atoms with Crippen molar-refractivity contribution < 1.29 is 25.7 Å². The summed E-state index contributed by atoms with van der Waals surface area (Å²) >= 11 is 0. The van der Waals surface area contributed by atoms with E-state index >= 15 is 0 Å². The van der Waals surface area contributed by atoms with Crippen LogP contribution in [0.15, 0.2) is 41.3 Å². The summed E-state index contributed by atoms with van der Waals surface area (Å²) < 4.78 is 45.2. The molecule has 8 heteroatoms. The summed E-state index contributed by atoms with van der Waals surface area (Å²) in [5, 5.41) is 1.91. The predicted molar refractivity (Wildman–Crippen MR) is 103 cm³/mol. The highest BCUT2D eigenvalue weighted by Gasteiger charge is 2.38. The Kier molecular flexibility index (Phi) is 6.09. The molecular formula is C18H24O6S2. The second-order valence-corrected chi connectivity index (χ2v) is 10.6. The molecule has 0 unspecified atom stereocenters. The Morgan fingerprint density at radius 1 is 0.962 bits per heavy atom. The first-order valence-corrected chi connectivity index (χ1v) is 11.7. The molecule has 0 atom stereocenters. The minimum Gasteiger partial charge on any atom is -0.491 e. The van der Waals surface area contributed by atoms with Crippen molar-refractivity contribution in [3.63, 3.8) is 0 Å². The maximum Gasteiger partial charge on any atom is 0.409 e. The molecule has 0 N–H and O–H groups in total. The third-order valence-corrected chi connectivity index (χ3v) is 9.58. The predicted octanol–water partition coefficient (Wildman–Crippen LogP) is 3.65. The normalized spacial score (nSPS) is 18.1. The summed E-state index contributed by atoms with van der Waals surface area (Å²) in [6.45, 7) is 0.951. The van der Waals surface area contributed by atoms with Crippen molar-refractivity contribution in [2.75, 3.05) is 38.9 Å². The van der Waals surface area contributed by atoms with Crippen LogP contribution >= 0.6 is 10.3 Å². The number of benzene rings is 2. The minimum absolute atomic E-state index is 0.451. The molecule has 0 aliphatic carbocycles. The van der Waals surface area contributed by atoms with E-state index in [4.69, 9.17) is 13.1 Å². The van der Waals surface area contributed by atoms with Gasteiger partial charge < -0.3 is 9.47 Å². The lowest BCUT2D eigenvalue weighted by atomic mass is 10.1. The molecule has 0 radical (unpaired) electrons. The van der Waals surface area contributed by atoms with Crippen molar-refractivity contribution in [1.82, 2.24) is 0 Å². The van der Waals surface area contributed by atoms with Gasteiger partial charge in [0.25, 0.3) is 0 Å². The number of fused-ring (bicyclic) bond motifs is 1. The maximum absolute atomic E-state index is 12.0. The number of ether oxygens (including phenoxy) is 2. The van der Waals surface area contributed by atoms with Gasteiger partial charge in [-0.3, -0.25) is 4.18 Å². The molecule has 3 rings (SSSR count). The lowest BCUT2D eigenvalue weighted by molar-refractivity contribution is 0.147. The number of hydrogen-bond acceptors (Lipinski definition) is 6. The Morgan fingerprint density at radius 2 is 1.65 bits per heavy atom. The van der Waals surface area contributed by atoms with E-state index < -0.39 is 20.7 Å². The molecule has 2 aromatic rings. The Bertz CT molecular complexity index is 859. The molecule has 1 saturated heterocycles. The quantitative estimate of drug-likeness (QED) is 0.630. The van der Waals surface area contributed by atoms with Crippen LogP contribution in [0.2, 0.25) is 0 Å². The SMILES string of the molecule is COCCOc1ccc(S2(OS(=O)(=O)OC)CCCC2)c2ccccc12. The van der Waals surface area contributed by atoms with Crippen molar-refractivity contribution in [2.45, 2.75) is 17.7 Å². The standard InChI is InChI=1S/C18H24O6S2/c1-21-11-12-23-17-9-10-18(16-8-4-3-7-15(16)17)25(13-5-6-14-25)24-26(19,20)22-2/h3-4,7-10H,5-6,11-14H2,1-2H3. The largest absolute Gasteiger partial charge is 0.491 e. The summed E-state index contributed by atoms with van der Waals surface area (Å²) in [4.78, 5) is 0.935. The van der Waals surface area contributed by atoms with Gasteiger partial charge in [0, 0.05) is 28.9 Å². The second kappa shape index (κ2) is 8.14. The monoisotopic (exact) mass is 400 g/mol. The molecule has 1 aliphatic heterocycles. The van der Waals surface area contributed by atoms with E-state index in [0.29, 0.717) is 24.7 Å². The Hall–Kier alpha value is -1.32. The molecule has 0 bridgehead atoms. The molecular weight excluding hydrogens is 376 g/mol. The summed E-state index contributed by atoms with van der Waals surface area (Å²) in [6, 6.07) is 11.7. The lowest BCUT2D eigenvalue weighted by Crippen LogP contribution is -2.15. The highest BCUT2D eigenvalue weighted by Crippen LogP contribution is 2.64. The van der Waals surface area contributed by atoms with Gasteiger partial charge in [0.05, 0.1) is 13.7 Å². The fourth-order valence-electron chi connectivity index (χ4n) is 3.21. The molecule has 1 aliphatic rings. The van der Waals surface area contributed by atoms with Crippen molar-refractivity contribution in [2.24, 2.45) is 0 Å². The summed E-state index contributed by atoms with van der Waals surface area (Å²) in [5.41, 5.74) is 0. The van der Waals surface area contributed by atoms with E-state index in [-0.39, 0.29) is 0 Å². The summed E-state index contributed by atoms with van der Waals surface area (Å²) in [5.74, 6) is 2.18. The first kappa shape index (κ1) is 19.4. The Labute approximate surface area is 156 Å². The molecule has 0 aromatic heterocycles. The molecule has 144 valence electrons. The van der Waals surface area contributed by atoms with Crippen LogP contribution in [0.5, 0.6) is 5.75 Å². The molecule has 0 spiro atoms. The number of rotatable bonds is 8. The van der Waals surface area contributed by atoms with Gasteiger partial charge in [-0.1, -0.05) is 34.6 Å². The Morgan fingerprint density at radius 3 is 2.31 bits per heavy atom. The third-order valence-electron chi connectivity index (χ3n) is 4.41. The van der Waals surface area contributed by atoms with Crippen LogP contribution in [0.3, 0.4) is 0 Å². The lowest BCUT2D eigenvalue weighted by Gasteiger charge is -2.34. The maximum atomic E-state index is 12.0. The first-order chi connectivity index (χ1) is 12.5. The van der Waals surface area contributed by atoms with E-state index in [1.807, 2.05) is 36.4 Å². The highest BCUT2D eigenvalue weighted by molar-refractivity contribution is 8.33. The molecule has 6 nitrogen and oxygen atoms in total. The van der Waals surface area contributed by atoms with Gasteiger partial charge in [-0.2, -0.15) is 12.0 Å². The van der Waals surface area contributed by atoms with Crippen LogP contribution in [-0.2, 0) is 22.9 Å². The van der Waals surface area contributed by atoms with Gasteiger partial charge in [-0.15, -0.1) is 0 Å². The highest BCUT2D eigenvalue weighted by atomic mass is 32.3. The van der Waals surface area contributed by atoms with Crippen LogP contribution < -0.4 is 4.74 Å². The summed E-state index contributed by atoms with van der Waals surface area (Å²) in [6.07, 6.45) is 1.88. The molecule has 2 aromatic carbocycles. The fraction of sp³-hybridized carbons (Fsp3) is 0.444. The van der Waals surface area contributed by atoms with Gasteiger partial charge in [0.15, 0.2) is 0 Å². The molecule has 0 amide bonds. The van der Waals surface area contributed by atoms with Gasteiger partial charge in [0.2, 0.25) is 0 Å². The van der Waals surface area contributed by atoms with Gasteiger partial charge in [0.1, 0.15) is 12.4 Å². The van der Waals surface area contributed by atoms with Crippen LogP contribution in [0, 0.1) is 0 Å². The van der Waals surface area contributed by atoms with Crippen LogP contribution in [-0.4, -0.2) is 47.4 Å². The summed E-state index contributed by atoms with van der Waals surface area (Å²) in [7, 11) is -3.23. The molecule has 26 heavy (non-hydrogen) atoms. The fourth-order valence-corrected chi connectivity index (χ4v) is 8.43. The van der Waals surface area contributed by atoms with Crippen molar-refractivity contribution in [1.29, 1.82) is 0 Å². The zero-order chi connectivity index (χ0) is 18.6. The first-order valence-electron chi connectivity index (χ1n) is 8.45. The molecule has 1 fully saturated rings. The third kappa shape index (κ3) is 3.99. The van der Waals surface area contributed by atoms with E-state index in [0.717, 1.165) is 41.4 Å². The van der Waals surface area contributed by atoms with Crippen molar-refractivity contribution in [3.8, 4) is 5.75 Å². The van der Waals surface area contributed by atoms with Crippen LogP contribution in [0.4, 0.5) is 0 Å².